The Balaban J connectivity index is 1.01. The summed E-state index contributed by atoms with van der Waals surface area (Å²) in [6.07, 6.45) is 7.02. The first-order valence-electron chi connectivity index (χ1n) is 22.4. The van der Waals surface area contributed by atoms with Gasteiger partial charge in [0.2, 0.25) is 0 Å². The molecule has 0 amide bonds. The van der Waals surface area contributed by atoms with E-state index in [1.807, 2.05) is 0 Å². The fraction of sp³-hybridized carbons (Fsp3) is 0.276. The predicted molar refractivity (Wildman–Crippen MR) is 245 cm³/mol. The Hall–Kier alpha value is -5.66. The number of fused-ring (bicyclic) bond motifs is 9. The highest BCUT2D eigenvalue weighted by Gasteiger charge is 2.61. The molecule has 4 bridgehead atoms. The third-order valence-electron chi connectivity index (χ3n) is 16.6. The van der Waals surface area contributed by atoms with Crippen molar-refractivity contribution < 1.29 is 0 Å². The molecule has 7 aliphatic rings. The largest absolute Gasteiger partial charge is 0.310 e. The van der Waals surface area contributed by atoms with Gasteiger partial charge in [-0.1, -0.05) is 149 Å². The van der Waals surface area contributed by atoms with Gasteiger partial charge in [-0.15, -0.1) is 0 Å². The second-order valence-electron chi connectivity index (χ2n) is 20.1. The summed E-state index contributed by atoms with van der Waals surface area (Å²) in [7, 11) is 0. The van der Waals surface area contributed by atoms with Crippen molar-refractivity contribution in [3.63, 3.8) is 0 Å². The van der Waals surface area contributed by atoms with E-state index in [2.05, 4.69) is 184 Å². The van der Waals surface area contributed by atoms with Crippen molar-refractivity contribution in [2.24, 2.45) is 23.7 Å². The van der Waals surface area contributed by atoms with Crippen LogP contribution in [0.1, 0.15) is 93.2 Å². The molecule has 7 aromatic carbocycles. The maximum Gasteiger partial charge on any atom is 0.0508 e. The lowest BCUT2D eigenvalue weighted by Gasteiger charge is -2.61. The van der Waals surface area contributed by atoms with Crippen LogP contribution in [0.2, 0.25) is 0 Å². The minimum Gasteiger partial charge on any atom is -0.310 e. The van der Waals surface area contributed by atoms with Gasteiger partial charge in [-0.2, -0.15) is 0 Å². The highest BCUT2D eigenvalue weighted by atomic mass is 15.1. The van der Waals surface area contributed by atoms with Crippen LogP contribution in [-0.4, -0.2) is 0 Å². The predicted octanol–water partition coefficient (Wildman–Crippen LogP) is 15.2. The zero-order valence-electron chi connectivity index (χ0n) is 34.7. The summed E-state index contributed by atoms with van der Waals surface area (Å²) < 4.78 is 0. The fourth-order valence-electron chi connectivity index (χ4n) is 14.6. The number of benzene rings is 7. The lowest BCUT2D eigenvalue weighted by Crippen LogP contribution is -2.55. The summed E-state index contributed by atoms with van der Waals surface area (Å²) in [4.78, 5) is 2.62. The van der Waals surface area contributed by atoms with E-state index in [-0.39, 0.29) is 16.2 Å². The van der Waals surface area contributed by atoms with E-state index in [9.17, 15) is 0 Å². The molecule has 1 nitrogen and oxygen atoms in total. The maximum absolute atomic E-state index is 2.67. The van der Waals surface area contributed by atoms with Gasteiger partial charge in [0.15, 0.2) is 0 Å². The van der Waals surface area contributed by atoms with Crippen LogP contribution in [0.4, 0.5) is 17.1 Å². The van der Waals surface area contributed by atoms with Crippen molar-refractivity contribution in [3.8, 4) is 44.5 Å². The van der Waals surface area contributed by atoms with Crippen LogP contribution in [-0.2, 0) is 16.2 Å². The van der Waals surface area contributed by atoms with Crippen molar-refractivity contribution in [2.75, 3.05) is 4.90 Å². The highest BCUT2D eigenvalue weighted by molar-refractivity contribution is 5.93. The quantitative estimate of drug-likeness (QED) is 0.173. The van der Waals surface area contributed by atoms with Gasteiger partial charge in [0.05, 0.1) is 5.69 Å². The van der Waals surface area contributed by atoms with E-state index >= 15 is 0 Å². The highest BCUT2D eigenvalue weighted by Crippen LogP contribution is 2.70. The molecule has 0 unspecified atom stereocenters. The molecule has 4 fully saturated rings. The second-order valence-corrected chi connectivity index (χ2v) is 20.1. The number of hydrogen-bond acceptors (Lipinski definition) is 1. The van der Waals surface area contributed by atoms with Crippen molar-refractivity contribution in [2.45, 2.75) is 76.0 Å². The van der Waals surface area contributed by atoms with E-state index in [1.165, 1.54) is 116 Å². The van der Waals surface area contributed by atoms with Crippen LogP contribution in [0.3, 0.4) is 0 Å². The molecule has 0 aliphatic heterocycles. The Labute approximate surface area is 349 Å². The van der Waals surface area contributed by atoms with Crippen LogP contribution in [0, 0.1) is 23.7 Å². The van der Waals surface area contributed by atoms with Gasteiger partial charge in [0, 0.05) is 27.6 Å². The molecule has 0 saturated heterocycles. The van der Waals surface area contributed by atoms with Crippen LogP contribution >= 0.6 is 0 Å². The molecule has 288 valence electrons. The van der Waals surface area contributed by atoms with E-state index in [4.69, 9.17) is 0 Å². The van der Waals surface area contributed by atoms with Gasteiger partial charge in [0.25, 0.3) is 0 Å². The lowest BCUT2D eigenvalue weighted by atomic mass is 9.43. The summed E-state index contributed by atoms with van der Waals surface area (Å²) in [5, 5.41) is 0. The summed E-state index contributed by atoms with van der Waals surface area (Å²) in [6, 6.07) is 58.8. The standard InChI is InChI=1S/C58H51N/c1-56(2)49-19-8-5-14-44(49)47-17-11-16-42(54(47)56)37-23-25-40(26-24-37)59(53-22-12-18-48-45-15-6-9-20-50(45)57(3,4)55(48)53)41-27-28-46-43-13-7-10-21-51(43)58(52(46)34-41)38-30-35-29-36(32-38)33-39(58)31-35/h5-28,34-36,38-39H,29-33H2,1-4H3. The fourth-order valence-corrected chi connectivity index (χ4v) is 14.6. The molecular formula is C58H51N. The molecule has 0 N–H and O–H groups in total. The summed E-state index contributed by atoms with van der Waals surface area (Å²) in [6.45, 7) is 9.66. The Morgan fingerprint density at radius 2 is 0.864 bits per heavy atom. The normalized spacial score (nSPS) is 24.9. The van der Waals surface area contributed by atoms with Gasteiger partial charge in [-0.3, -0.25) is 0 Å². The summed E-state index contributed by atoms with van der Waals surface area (Å²) in [5.41, 5.74) is 23.6. The Morgan fingerprint density at radius 3 is 1.51 bits per heavy atom. The minimum absolute atomic E-state index is 0.0751. The van der Waals surface area contributed by atoms with Crippen LogP contribution in [0.5, 0.6) is 0 Å². The number of rotatable bonds is 4. The maximum atomic E-state index is 2.67. The SMILES string of the molecule is CC1(C)c2ccccc2-c2cccc(-c3ccc(N(c4ccc5c(c4)C4(c6ccccc6-5)C5CC6CC(C5)CC4C6)c4cccc5c4C(C)(C)c4ccccc4-5)cc3)c21. The Morgan fingerprint density at radius 1 is 0.390 bits per heavy atom. The zero-order valence-corrected chi connectivity index (χ0v) is 34.7. The molecule has 1 spiro atoms. The second kappa shape index (κ2) is 11.8. The van der Waals surface area contributed by atoms with E-state index in [0.29, 0.717) is 0 Å². The topological polar surface area (TPSA) is 3.24 Å². The molecule has 0 heterocycles. The van der Waals surface area contributed by atoms with Gasteiger partial charge < -0.3 is 4.90 Å². The van der Waals surface area contributed by atoms with Gasteiger partial charge in [-0.25, -0.2) is 0 Å². The van der Waals surface area contributed by atoms with Crippen molar-refractivity contribution in [1.29, 1.82) is 0 Å². The number of hydrogen-bond donors (Lipinski definition) is 0. The van der Waals surface area contributed by atoms with E-state index < -0.39 is 0 Å². The van der Waals surface area contributed by atoms with Gasteiger partial charge >= 0.3 is 0 Å². The van der Waals surface area contributed by atoms with Crippen molar-refractivity contribution >= 4 is 17.1 Å². The minimum atomic E-state index is -0.151. The zero-order chi connectivity index (χ0) is 39.4. The van der Waals surface area contributed by atoms with Crippen LogP contribution in [0.15, 0.2) is 152 Å². The van der Waals surface area contributed by atoms with Crippen LogP contribution in [0.25, 0.3) is 44.5 Å². The third-order valence-corrected chi connectivity index (χ3v) is 16.6. The Kier molecular flexibility index (Phi) is 6.82. The van der Waals surface area contributed by atoms with Crippen molar-refractivity contribution in [3.05, 3.63) is 185 Å². The molecule has 1 heteroatoms. The van der Waals surface area contributed by atoms with Gasteiger partial charge in [0.1, 0.15) is 0 Å². The smallest absolute Gasteiger partial charge is 0.0508 e. The van der Waals surface area contributed by atoms with Crippen LogP contribution < -0.4 is 4.90 Å². The molecule has 0 radical (unpaired) electrons. The molecule has 0 atom stereocenters. The average molecular weight is 762 g/mol. The molecule has 59 heavy (non-hydrogen) atoms. The number of nitrogens with zero attached hydrogens (tertiary/aromatic N) is 1. The van der Waals surface area contributed by atoms with Crippen molar-refractivity contribution in [1.82, 2.24) is 0 Å². The molecule has 7 aliphatic carbocycles. The lowest BCUT2D eigenvalue weighted by molar-refractivity contribution is -0.0399. The molecular weight excluding hydrogens is 711 g/mol. The molecule has 14 rings (SSSR count). The van der Waals surface area contributed by atoms with E-state index in [1.54, 1.807) is 11.1 Å². The van der Waals surface area contributed by atoms with Gasteiger partial charge in [-0.05, 0) is 164 Å². The average Bonchev–Trinajstić information content (AvgIpc) is 3.78. The molecule has 0 aromatic heterocycles. The summed E-state index contributed by atoms with van der Waals surface area (Å²) in [5.74, 6) is 3.28. The first-order valence-corrected chi connectivity index (χ1v) is 22.4. The third kappa shape index (κ3) is 4.36. The monoisotopic (exact) mass is 761 g/mol. The first kappa shape index (κ1) is 34.2. The number of anilines is 3. The van der Waals surface area contributed by atoms with E-state index in [0.717, 1.165) is 23.7 Å². The molecule has 7 aromatic rings. The first-order chi connectivity index (χ1) is 28.7. The summed E-state index contributed by atoms with van der Waals surface area (Å²) >= 11 is 0. The Bertz CT molecular complexity index is 2880. The molecule has 4 saturated carbocycles.